The van der Waals surface area contributed by atoms with Crippen LogP contribution in [0, 0.1) is 0 Å². The molecule has 0 spiro atoms. The van der Waals surface area contributed by atoms with Crippen molar-refractivity contribution in [1.29, 1.82) is 0 Å². The van der Waals surface area contributed by atoms with E-state index < -0.39 is 0 Å². The van der Waals surface area contributed by atoms with E-state index in [1.165, 1.54) is 0 Å². The number of rotatable bonds is 4. The molecule has 0 bridgehead atoms. The second kappa shape index (κ2) is 5.81. The van der Waals surface area contributed by atoms with E-state index in [1.807, 2.05) is 48.2 Å². The summed E-state index contributed by atoms with van der Waals surface area (Å²) in [7, 11) is 1.64. The van der Waals surface area contributed by atoms with Gasteiger partial charge in [0.15, 0.2) is 0 Å². The lowest BCUT2D eigenvalue weighted by atomic mass is 9.97. The summed E-state index contributed by atoms with van der Waals surface area (Å²) in [4.78, 5) is 13.8. The molecule has 1 unspecified atom stereocenters. The molecule has 0 aliphatic carbocycles. The summed E-state index contributed by atoms with van der Waals surface area (Å²) in [5.74, 6) is 0.974. The van der Waals surface area contributed by atoms with Crippen molar-refractivity contribution in [3.05, 3.63) is 59.2 Å². The molecular formula is C18H20N2O2. The van der Waals surface area contributed by atoms with E-state index in [0.717, 1.165) is 28.1 Å². The molecule has 0 radical (unpaired) electrons. The molecular weight excluding hydrogens is 276 g/mol. The summed E-state index contributed by atoms with van der Waals surface area (Å²) in [5, 5.41) is 0. The first-order valence-electron chi connectivity index (χ1n) is 7.46. The van der Waals surface area contributed by atoms with Crippen molar-refractivity contribution >= 4 is 11.6 Å². The van der Waals surface area contributed by atoms with Gasteiger partial charge in [-0.05, 0) is 41.8 Å². The molecule has 22 heavy (non-hydrogen) atoms. The summed E-state index contributed by atoms with van der Waals surface area (Å²) in [5.41, 5.74) is 10.5. The van der Waals surface area contributed by atoms with Gasteiger partial charge in [0.1, 0.15) is 5.75 Å². The number of fused-ring (bicyclic) bond motifs is 1. The third-order valence-corrected chi connectivity index (χ3v) is 4.19. The highest BCUT2D eigenvalue weighted by Gasteiger charge is 2.26. The number of carbonyl (C=O) groups excluding carboxylic acids is 1. The van der Waals surface area contributed by atoms with Gasteiger partial charge < -0.3 is 15.4 Å². The van der Waals surface area contributed by atoms with Gasteiger partial charge in [-0.3, -0.25) is 4.79 Å². The fourth-order valence-corrected chi connectivity index (χ4v) is 2.95. The predicted octanol–water partition coefficient (Wildman–Crippen LogP) is 2.65. The Bertz CT molecular complexity index is 695. The summed E-state index contributed by atoms with van der Waals surface area (Å²) < 4.78 is 5.17. The Balaban J connectivity index is 1.89. The zero-order valence-electron chi connectivity index (χ0n) is 12.9. The van der Waals surface area contributed by atoms with Crippen LogP contribution in [0.2, 0.25) is 0 Å². The number of benzene rings is 2. The molecule has 2 aromatic rings. The molecule has 1 atom stereocenters. The fraction of sp³-hybridized carbons (Fsp3) is 0.278. The number of hydrogen-bond donors (Lipinski definition) is 1. The zero-order chi connectivity index (χ0) is 15.7. The minimum absolute atomic E-state index is 0.160. The summed E-state index contributed by atoms with van der Waals surface area (Å²) >= 11 is 0. The van der Waals surface area contributed by atoms with E-state index in [2.05, 4.69) is 6.07 Å². The number of carbonyl (C=O) groups is 1. The van der Waals surface area contributed by atoms with Crippen LogP contribution in [0.15, 0.2) is 42.5 Å². The molecule has 0 saturated heterocycles. The smallest absolute Gasteiger partial charge is 0.231 e. The number of hydrogen-bond acceptors (Lipinski definition) is 3. The van der Waals surface area contributed by atoms with Crippen LogP contribution >= 0.6 is 0 Å². The van der Waals surface area contributed by atoms with Gasteiger partial charge in [0.2, 0.25) is 5.91 Å². The topological polar surface area (TPSA) is 55.6 Å². The standard InChI is InChI=1S/C18H20N2O2/c1-3-20-16-9-6-13(10-14(16)11-17(20)21)18(19)12-4-7-15(22-2)8-5-12/h4-10,18H,3,11,19H2,1-2H3. The summed E-state index contributed by atoms with van der Waals surface area (Å²) in [6.45, 7) is 2.69. The second-order valence-corrected chi connectivity index (χ2v) is 5.45. The Labute approximate surface area is 130 Å². The maximum Gasteiger partial charge on any atom is 0.231 e. The number of anilines is 1. The van der Waals surface area contributed by atoms with Crippen molar-refractivity contribution in [3.8, 4) is 5.75 Å². The van der Waals surface area contributed by atoms with Gasteiger partial charge in [-0.1, -0.05) is 24.3 Å². The van der Waals surface area contributed by atoms with Crippen molar-refractivity contribution in [3.63, 3.8) is 0 Å². The molecule has 1 amide bonds. The Morgan fingerprint density at radius 1 is 1.18 bits per heavy atom. The Hall–Kier alpha value is -2.33. The molecule has 2 N–H and O–H groups in total. The van der Waals surface area contributed by atoms with Crippen molar-refractivity contribution in [1.82, 2.24) is 0 Å². The average Bonchev–Trinajstić information content (AvgIpc) is 2.88. The minimum Gasteiger partial charge on any atom is -0.497 e. The highest BCUT2D eigenvalue weighted by atomic mass is 16.5. The van der Waals surface area contributed by atoms with Gasteiger partial charge >= 0.3 is 0 Å². The van der Waals surface area contributed by atoms with Crippen molar-refractivity contribution in [2.45, 2.75) is 19.4 Å². The first-order chi connectivity index (χ1) is 10.6. The Kier molecular flexibility index (Phi) is 3.86. The lowest BCUT2D eigenvalue weighted by molar-refractivity contribution is -0.117. The van der Waals surface area contributed by atoms with Crippen LogP contribution < -0.4 is 15.4 Å². The maximum atomic E-state index is 12.0. The molecule has 1 heterocycles. The van der Waals surface area contributed by atoms with Crippen LogP contribution in [0.1, 0.15) is 29.7 Å². The lowest BCUT2D eigenvalue weighted by Gasteiger charge is -2.17. The van der Waals surface area contributed by atoms with E-state index in [0.29, 0.717) is 13.0 Å². The summed E-state index contributed by atoms with van der Waals surface area (Å²) in [6, 6.07) is 13.6. The average molecular weight is 296 g/mol. The maximum absolute atomic E-state index is 12.0. The van der Waals surface area contributed by atoms with Crippen LogP contribution in [0.25, 0.3) is 0 Å². The minimum atomic E-state index is -0.206. The van der Waals surface area contributed by atoms with Crippen LogP contribution in [-0.2, 0) is 11.2 Å². The third-order valence-electron chi connectivity index (χ3n) is 4.19. The van der Waals surface area contributed by atoms with Crippen LogP contribution in [0.5, 0.6) is 5.75 Å². The van der Waals surface area contributed by atoms with Crippen molar-refractivity contribution in [2.24, 2.45) is 5.73 Å². The van der Waals surface area contributed by atoms with E-state index in [1.54, 1.807) is 7.11 Å². The first-order valence-corrected chi connectivity index (χ1v) is 7.46. The van der Waals surface area contributed by atoms with Gasteiger partial charge in [-0.2, -0.15) is 0 Å². The van der Waals surface area contributed by atoms with Gasteiger partial charge in [0.25, 0.3) is 0 Å². The number of amides is 1. The van der Waals surface area contributed by atoms with Gasteiger partial charge in [-0.15, -0.1) is 0 Å². The highest BCUT2D eigenvalue weighted by molar-refractivity contribution is 6.01. The Morgan fingerprint density at radius 3 is 2.50 bits per heavy atom. The van der Waals surface area contributed by atoms with Crippen LogP contribution in [-0.4, -0.2) is 19.6 Å². The lowest BCUT2D eigenvalue weighted by Crippen LogP contribution is -2.25. The number of ether oxygens (including phenoxy) is 1. The summed E-state index contributed by atoms with van der Waals surface area (Å²) in [6.07, 6.45) is 0.465. The van der Waals surface area contributed by atoms with Crippen LogP contribution in [0.4, 0.5) is 5.69 Å². The zero-order valence-corrected chi connectivity index (χ0v) is 12.9. The normalized spacial score (nSPS) is 14.9. The Morgan fingerprint density at radius 2 is 1.86 bits per heavy atom. The van der Waals surface area contributed by atoms with E-state index in [9.17, 15) is 4.79 Å². The van der Waals surface area contributed by atoms with E-state index >= 15 is 0 Å². The largest absolute Gasteiger partial charge is 0.497 e. The predicted molar refractivity (Wildman–Crippen MR) is 87.2 cm³/mol. The van der Waals surface area contributed by atoms with Gasteiger partial charge in [0.05, 0.1) is 19.6 Å². The molecule has 2 aromatic carbocycles. The van der Waals surface area contributed by atoms with Crippen molar-refractivity contribution in [2.75, 3.05) is 18.6 Å². The first kappa shape index (κ1) is 14.6. The molecule has 0 fully saturated rings. The third kappa shape index (κ3) is 2.46. The quantitative estimate of drug-likeness (QED) is 0.943. The van der Waals surface area contributed by atoms with E-state index in [-0.39, 0.29) is 11.9 Å². The SMILES string of the molecule is CCN1C(=O)Cc2cc(C(N)c3ccc(OC)cc3)ccc21. The van der Waals surface area contributed by atoms with Gasteiger partial charge in [0, 0.05) is 12.2 Å². The second-order valence-electron chi connectivity index (χ2n) is 5.45. The number of nitrogens with two attached hydrogens (primary N) is 1. The molecule has 1 aliphatic heterocycles. The fourth-order valence-electron chi connectivity index (χ4n) is 2.95. The molecule has 0 aromatic heterocycles. The number of nitrogens with zero attached hydrogens (tertiary/aromatic N) is 1. The molecule has 4 heteroatoms. The number of methoxy groups -OCH3 is 1. The van der Waals surface area contributed by atoms with E-state index in [4.69, 9.17) is 10.5 Å². The molecule has 4 nitrogen and oxygen atoms in total. The molecule has 3 rings (SSSR count). The molecule has 1 aliphatic rings. The van der Waals surface area contributed by atoms with Crippen molar-refractivity contribution < 1.29 is 9.53 Å². The highest BCUT2D eigenvalue weighted by Crippen LogP contribution is 2.32. The molecule has 0 saturated carbocycles. The number of likely N-dealkylation sites (N-methyl/N-ethyl adjacent to an activating group) is 1. The van der Waals surface area contributed by atoms with Crippen LogP contribution in [0.3, 0.4) is 0 Å². The van der Waals surface area contributed by atoms with Gasteiger partial charge in [-0.25, -0.2) is 0 Å². The monoisotopic (exact) mass is 296 g/mol. The molecule has 114 valence electrons.